The number of phenols is 1. The van der Waals surface area contributed by atoms with Crippen molar-refractivity contribution in [3.63, 3.8) is 0 Å². The van der Waals surface area contributed by atoms with Crippen LogP contribution in [0.3, 0.4) is 0 Å². The first-order chi connectivity index (χ1) is 14.1. The summed E-state index contributed by atoms with van der Waals surface area (Å²) in [4.78, 5) is 16.6. The molecule has 8 nitrogen and oxygen atoms in total. The lowest BCUT2D eigenvalue weighted by Gasteiger charge is -2.08. The van der Waals surface area contributed by atoms with Gasteiger partial charge in [-0.2, -0.15) is 0 Å². The van der Waals surface area contributed by atoms with Crippen LogP contribution in [-0.4, -0.2) is 37.9 Å². The first-order valence-corrected chi connectivity index (χ1v) is 9.45. The maximum atomic E-state index is 9.35. The Morgan fingerprint density at radius 2 is 2.00 bits per heavy atom. The molecule has 0 atom stereocenters. The smallest absolute Gasteiger partial charge is 0.180 e. The van der Waals surface area contributed by atoms with Gasteiger partial charge in [-0.3, -0.25) is 4.98 Å². The number of hydrogen-bond donors (Lipinski definition) is 5. The van der Waals surface area contributed by atoms with Crippen LogP contribution in [0.25, 0.3) is 16.7 Å². The largest absolute Gasteiger partial charge is 0.508 e. The van der Waals surface area contributed by atoms with Crippen LogP contribution in [0.1, 0.15) is 18.2 Å². The van der Waals surface area contributed by atoms with Crippen molar-refractivity contribution in [3.05, 3.63) is 60.1 Å². The first kappa shape index (κ1) is 20.2. The van der Waals surface area contributed by atoms with Crippen LogP contribution in [0.4, 0.5) is 5.82 Å². The maximum absolute atomic E-state index is 9.35. The van der Waals surface area contributed by atoms with Gasteiger partial charge in [0.05, 0.1) is 17.5 Å². The summed E-state index contributed by atoms with van der Waals surface area (Å²) in [5, 5.41) is 15.9. The van der Waals surface area contributed by atoms with Gasteiger partial charge in [0.2, 0.25) is 0 Å². The molecule has 148 valence electrons. The predicted molar refractivity (Wildman–Crippen MR) is 118 cm³/mol. The van der Waals surface area contributed by atoms with Gasteiger partial charge in [-0.05, 0) is 55.5 Å². The number of allylic oxidation sites excluding steroid dienone is 1. The summed E-state index contributed by atoms with van der Waals surface area (Å²) in [6.45, 7) is 3.26. The van der Waals surface area contributed by atoms with Gasteiger partial charge in [-0.1, -0.05) is 0 Å². The van der Waals surface area contributed by atoms with E-state index in [4.69, 9.17) is 18.0 Å². The van der Waals surface area contributed by atoms with Crippen molar-refractivity contribution in [2.24, 2.45) is 5.73 Å². The molecular weight excluding hydrogens is 386 g/mol. The number of fused-ring (bicyclic) bond motifs is 1. The Balaban J connectivity index is 1.78. The van der Waals surface area contributed by atoms with Crippen molar-refractivity contribution < 1.29 is 10.1 Å². The Morgan fingerprint density at radius 3 is 2.72 bits per heavy atom. The molecule has 0 radical (unpaired) electrons. The molecule has 0 fully saturated rings. The van der Waals surface area contributed by atoms with Gasteiger partial charge in [0.1, 0.15) is 17.1 Å². The number of nitrogens with zero attached hydrogens (tertiary/aromatic N) is 3. The minimum Gasteiger partial charge on any atom is -0.508 e. The van der Waals surface area contributed by atoms with Crippen LogP contribution in [-0.2, 0) is 6.54 Å². The summed E-state index contributed by atoms with van der Waals surface area (Å²) in [5.74, 6) is 0.821. The molecule has 3 aromatic rings. The summed E-state index contributed by atoms with van der Waals surface area (Å²) in [5.41, 5.74) is 9.24. The Hall–Kier alpha value is -3.59. The Bertz CT molecular complexity index is 1060. The van der Waals surface area contributed by atoms with Gasteiger partial charge in [0.15, 0.2) is 23.5 Å². The molecule has 2 aromatic heterocycles. The minimum absolute atomic E-state index is 0.235. The van der Waals surface area contributed by atoms with E-state index in [1.165, 1.54) is 6.20 Å². The second kappa shape index (κ2) is 9.56. The van der Waals surface area contributed by atoms with Gasteiger partial charge in [0, 0.05) is 18.3 Å². The third-order valence-corrected chi connectivity index (χ3v) is 4.21. The highest BCUT2D eigenvalue weighted by atomic mass is 32.1. The third-order valence-electron chi connectivity index (χ3n) is 3.96. The van der Waals surface area contributed by atoms with Crippen molar-refractivity contribution in [1.82, 2.24) is 20.3 Å². The lowest BCUT2D eigenvalue weighted by molar-refractivity contribution is -0.468. The highest BCUT2D eigenvalue weighted by Crippen LogP contribution is 2.14. The third kappa shape index (κ3) is 5.45. The average molecular weight is 409 g/mol. The van der Waals surface area contributed by atoms with E-state index in [2.05, 4.69) is 30.6 Å². The number of thiocarbonyl (C=S) groups is 1. The monoisotopic (exact) mass is 408 g/mol. The van der Waals surface area contributed by atoms with Crippen molar-refractivity contribution >= 4 is 46.1 Å². The number of anilines is 1. The number of aromatic nitrogens is 3. The average Bonchev–Trinajstić information content (AvgIpc) is 2.72. The molecule has 1 aromatic carbocycles. The predicted octanol–water partition coefficient (Wildman–Crippen LogP) is 0.688. The molecule has 0 spiro atoms. The Kier molecular flexibility index (Phi) is 6.64. The molecule has 9 heteroatoms. The van der Waals surface area contributed by atoms with Gasteiger partial charge >= 0.3 is 0 Å². The van der Waals surface area contributed by atoms with E-state index in [9.17, 15) is 5.11 Å². The van der Waals surface area contributed by atoms with E-state index in [-0.39, 0.29) is 5.75 Å². The number of phenolic OH excluding ortho intramolecular Hbond substituents is 1. The lowest BCUT2D eigenvalue weighted by atomic mass is 10.2. The van der Waals surface area contributed by atoms with Crippen LogP contribution in [0.2, 0.25) is 0 Å². The molecule has 0 aliphatic heterocycles. The summed E-state index contributed by atoms with van der Waals surface area (Å²) in [7, 11) is 0. The summed E-state index contributed by atoms with van der Waals surface area (Å²) in [6, 6.07) is 10.6. The molecule has 6 N–H and O–H groups in total. The molecule has 29 heavy (non-hydrogen) atoms. The zero-order chi connectivity index (χ0) is 20.6. The molecule has 0 saturated carbocycles. The Labute approximate surface area is 173 Å². The molecule has 0 unspecified atom stereocenters. The molecule has 3 rings (SSSR count). The number of hydrogen-bond acceptors (Lipinski definition) is 6. The van der Waals surface area contributed by atoms with Crippen molar-refractivity contribution in [2.75, 3.05) is 11.9 Å². The van der Waals surface area contributed by atoms with Gasteiger partial charge in [-0.15, -0.1) is 0 Å². The van der Waals surface area contributed by atoms with E-state index >= 15 is 0 Å². The number of benzene rings is 1. The SMILES string of the molecule is CCNC(=S)Nc1ccc2ncc(C(C=[NH+]Cc3ccc(O)cc3)=CN)nc2n1. The standard InChI is InChI=1S/C20H21N7OS/c1-2-23-20(29)27-18-8-7-16-19(26-18)25-17(12-24-16)14(9-21)11-22-10-13-3-5-15(28)6-4-13/h3-9,11-12,28H,2,10,21H2,1H3,(H2,23,25,26,27,29)/p+1. The van der Waals surface area contributed by atoms with E-state index in [1.807, 2.05) is 25.1 Å². The van der Waals surface area contributed by atoms with Crippen LogP contribution < -0.4 is 21.4 Å². The molecule has 0 saturated heterocycles. The van der Waals surface area contributed by atoms with Crippen LogP contribution in [0.15, 0.2) is 48.8 Å². The fourth-order valence-corrected chi connectivity index (χ4v) is 2.78. The van der Waals surface area contributed by atoms with Crippen molar-refractivity contribution in [1.29, 1.82) is 0 Å². The van der Waals surface area contributed by atoms with Crippen molar-refractivity contribution in [2.45, 2.75) is 13.5 Å². The zero-order valence-corrected chi connectivity index (χ0v) is 16.7. The fraction of sp³-hybridized carbons (Fsp3) is 0.150. The minimum atomic E-state index is 0.235. The highest BCUT2D eigenvalue weighted by molar-refractivity contribution is 7.80. The van der Waals surface area contributed by atoms with Crippen LogP contribution in [0, 0.1) is 0 Å². The molecule has 0 bridgehead atoms. The van der Waals surface area contributed by atoms with Crippen LogP contribution >= 0.6 is 12.2 Å². The summed E-state index contributed by atoms with van der Waals surface area (Å²) < 4.78 is 0. The van der Waals surface area contributed by atoms with E-state index in [1.54, 1.807) is 30.6 Å². The van der Waals surface area contributed by atoms with E-state index in [0.717, 1.165) is 12.1 Å². The van der Waals surface area contributed by atoms with Crippen molar-refractivity contribution in [3.8, 4) is 5.75 Å². The normalized spacial score (nSPS) is 11.7. The molecule has 2 heterocycles. The van der Waals surface area contributed by atoms with E-state index < -0.39 is 0 Å². The summed E-state index contributed by atoms with van der Waals surface area (Å²) in [6.07, 6.45) is 4.88. The van der Waals surface area contributed by atoms with E-state index in [0.29, 0.717) is 39.9 Å². The number of aromatic hydroxyl groups is 1. The Morgan fingerprint density at radius 1 is 1.21 bits per heavy atom. The van der Waals surface area contributed by atoms with Gasteiger partial charge in [0.25, 0.3) is 0 Å². The zero-order valence-electron chi connectivity index (χ0n) is 15.9. The number of nitrogens with one attached hydrogen (secondary N) is 3. The quantitative estimate of drug-likeness (QED) is 0.298. The molecule has 0 aliphatic rings. The number of rotatable bonds is 6. The molecule has 0 aliphatic carbocycles. The topological polar surface area (TPSA) is 123 Å². The number of nitrogens with two attached hydrogens (primary N) is 1. The van der Waals surface area contributed by atoms with Gasteiger partial charge in [-0.25, -0.2) is 15.0 Å². The fourth-order valence-electron chi connectivity index (χ4n) is 2.53. The molecule has 0 amide bonds. The maximum Gasteiger partial charge on any atom is 0.180 e. The second-order valence-electron chi connectivity index (χ2n) is 6.09. The van der Waals surface area contributed by atoms with Gasteiger partial charge < -0.3 is 21.5 Å². The molecular formula is C20H22N7OS+. The second-order valence-corrected chi connectivity index (χ2v) is 6.50. The lowest BCUT2D eigenvalue weighted by Crippen LogP contribution is -2.67. The number of pyridine rings is 1. The summed E-state index contributed by atoms with van der Waals surface area (Å²) >= 11 is 5.19. The highest BCUT2D eigenvalue weighted by Gasteiger charge is 2.08. The first-order valence-electron chi connectivity index (χ1n) is 9.04. The van der Waals surface area contributed by atoms with Crippen LogP contribution in [0.5, 0.6) is 5.75 Å².